The maximum Gasteiger partial charge on any atom is 0.416 e. The van der Waals surface area contributed by atoms with Crippen LogP contribution in [0.2, 0.25) is 0 Å². The van der Waals surface area contributed by atoms with Gasteiger partial charge in [-0.1, -0.05) is 12.1 Å². The smallest absolute Gasteiger partial charge is 0.416 e. The lowest BCUT2D eigenvalue weighted by Gasteiger charge is -2.34. The van der Waals surface area contributed by atoms with E-state index in [1.165, 1.54) is 17.0 Å². The highest BCUT2D eigenvalue weighted by Gasteiger charge is 2.39. The van der Waals surface area contributed by atoms with Crippen molar-refractivity contribution in [2.24, 2.45) is 0 Å². The van der Waals surface area contributed by atoms with Crippen molar-refractivity contribution in [3.63, 3.8) is 0 Å². The van der Waals surface area contributed by atoms with Crippen molar-refractivity contribution in [1.82, 2.24) is 15.5 Å². The van der Waals surface area contributed by atoms with Gasteiger partial charge in [0.1, 0.15) is 16.9 Å². The number of hydrogen-bond acceptors (Lipinski definition) is 6. The number of piperidine rings is 1. The molecular formula is C33H39F5N4O5. The number of benzene rings is 2. The largest absolute Gasteiger partial charge is 0.509 e. The van der Waals surface area contributed by atoms with Crippen LogP contribution in [0.1, 0.15) is 76.0 Å². The van der Waals surface area contributed by atoms with E-state index in [1.807, 2.05) is 0 Å². The number of halogens is 5. The number of amides is 3. The Morgan fingerprint density at radius 3 is 2.34 bits per heavy atom. The number of aliphatic hydroxyl groups excluding tert-OH is 1. The van der Waals surface area contributed by atoms with E-state index in [9.17, 15) is 41.4 Å². The molecule has 0 unspecified atom stereocenters. The molecule has 2 aliphatic rings. The van der Waals surface area contributed by atoms with E-state index in [0.29, 0.717) is 19.4 Å². The highest BCUT2D eigenvalue weighted by Crippen LogP contribution is 2.39. The second kappa shape index (κ2) is 13.9. The van der Waals surface area contributed by atoms with Crippen LogP contribution in [0.4, 0.5) is 32.4 Å². The lowest BCUT2D eigenvalue weighted by molar-refractivity contribution is -0.137. The second-order valence-electron chi connectivity index (χ2n) is 13.0. The number of carbonyl (C=O) groups excluding carboxylic acids is 3. The molecule has 0 radical (unpaired) electrons. The molecule has 0 saturated carbocycles. The van der Waals surface area contributed by atoms with Gasteiger partial charge in [0, 0.05) is 30.9 Å². The van der Waals surface area contributed by atoms with Gasteiger partial charge < -0.3 is 30.7 Å². The number of rotatable bonds is 7. The Bertz CT molecular complexity index is 1540. The van der Waals surface area contributed by atoms with Crippen LogP contribution in [-0.4, -0.2) is 58.7 Å². The lowest BCUT2D eigenvalue weighted by Crippen LogP contribution is -2.43. The number of nitrogens with one attached hydrogen (secondary N) is 3. The molecule has 14 heteroatoms. The van der Waals surface area contributed by atoms with Gasteiger partial charge in [0.05, 0.1) is 11.1 Å². The first-order valence-electron chi connectivity index (χ1n) is 15.3. The van der Waals surface area contributed by atoms with Gasteiger partial charge in [0.15, 0.2) is 11.6 Å². The summed E-state index contributed by atoms with van der Waals surface area (Å²) in [4.78, 5) is 41.2. The molecule has 2 fully saturated rings. The first-order chi connectivity index (χ1) is 21.9. The van der Waals surface area contributed by atoms with Crippen molar-refractivity contribution < 1.29 is 46.2 Å². The molecule has 0 aliphatic carbocycles. The molecule has 1 atom stereocenters. The van der Waals surface area contributed by atoms with Gasteiger partial charge in [0.2, 0.25) is 0 Å². The highest BCUT2D eigenvalue weighted by molar-refractivity contribution is 6.23. The average Bonchev–Trinajstić information content (AvgIpc) is 3.44. The van der Waals surface area contributed by atoms with Crippen molar-refractivity contribution >= 4 is 23.6 Å². The van der Waals surface area contributed by atoms with E-state index in [2.05, 4.69) is 16.0 Å². The van der Waals surface area contributed by atoms with E-state index in [1.54, 1.807) is 27.7 Å². The van der Waals surface area contributed by atoms with Gasteiger partial charge in [-0.3, -0.25) is 9.59 Å². The predicted molar refractivity (Wildman–Crippen MR) is 163 cm³/mol. The van der Waals surface area contributed by atoms with Crippen molar-refractivity contribution in [3.05, 3.63) is 76.1 Å². The molecule has 256 valence electrons. The Labute approximate surface area is 269 Å². The second-order valence-corrected chi connectivity index (χ2v) is 13.0. The summed E-state index contributed by atoms with van der Waals surface area (Å²) < 4.78 is 74.7. The Hall–Kier alpha value is -4.20. The molecule has 2 aromatic carbocycles. The van der Waals surface area contributed by atoms with E-state index < -0.39 is 76.2 Å². The zero-order valence-electron chi connectivity index (χ0n) is 26.6. The van der Waals surface area contributed by atoms with Crippen LogP contribution in [-0.2, 0) is 27.0 Å². The molecule has 3 amide bonds. The van der Waals surface area contributed by atoms with E-state index in [0.717, 1.165) is 24.3 Å². The predicted octanol–water partition coefficient (Wildman–Crippen LogP) is 6.31. The van der Waals surface area contributed by atoms with Crippen LogP contribution in [0.5, 0.6) is 0 Å². The van der Waals surface area contributed by atoms with Gasteiger partial charge in [0.25, 0.3) is 11.8 Å². The minimum absolute atomic E-state index is 0.0162. The Morgan fingerprint density at radius 2 is 1.74 bits per heavy atom. The van der Waals surface area contributed by atoms with Crippen molar-refractivity contribution in [2.45, 2.75) is 83.2 Å². The van der Waals surface area contributed by atoms with Gasteiger partial charge in [-0.25, -0.2) is 13.6 Å². The number of nitrogens with zero attached hydrogens (tertiary/aromatic N) is 1. The summed E-state index contributed by atoms with van der Waals surface area (Å²) in [7, 11) is 0. The monoisotopic (exact) mass is 666 g/mol. The zero-order chi connectivity index (χ0) is 34.7. The average molecular weight is 667 g/mol. The van der Waals surface area contributed by atoms with Crippen LogP contribution in [0.3, 0.4) is 0 Å². The summed E-state index contributed by atoms with van der Waals surface area (Å²) in [5, 5.41) is 19.2. The summed E-state index contributed by atoms with van der Waals surface area (Å²) in [6.07, 6.45) is -3.72. The van der Waals surface area contributed by atoms with Crippen molar-refractivity contribution in [2.75, 3.05) is 25.0 Å². The summed E-state index contributed by atoms with van der Waals surface area (Å²) >= 11 is 0. The number of ether oxygens (including phenoxy) is 1. The number of likely N-dealkylation sites (tertiary alicyclic amines) is 1. The van der Waals surface area contributed by atoms with E-state index in [4.69, 9.17) is 4.74 Å². The van der Waals surface area contributed by atoms with Gasteiger partial charge in [-0.2, -0.15) is 13.2 Å². The Balaban J connectivity index is 1.64. The Kier molecular flexibility index (Phi) is 10.5. The number of anilines is 1. The van der Waals surface area contributed by atoms with E-state index >= 15 is 0 Å². The molecular weight excluding hydrogens is 627 g/mol. The SMILES string of the molecule is CC(C)(C)OC(=O)N1CCC(c2cc(C(F)(F)F)ccc2NC(=O)/C(C(=O)NCc2cccc(F)c2F)=C(\O)[C@@]2(C)CCCN2)CC1. The normalized spacial score (nSPS) is 19.6. The quantitative estimate of drug-likeness (QED) is 0.0905. The van der Waals surface area contributed by atoms with Gasteiger partial charge in [-0.15, -0.1) is 0 Å². The van der Waals surface area contributed by atoms with Crippen molar-refractivity contribution in [1.29, 1.82) is 0 Å². The van der Waals surface area contributed by atoms with Gasteiger partial charge in [-0.05, 0) is 95.7 Å². The van der Waals surface area contributed by atoms with Crippen molar-refractivity contribution in [3.8, 4) is 0 Å². The molecule has 4 N–H and O–H groups in total. The zero-order valence-corrected chi connectivity index (χ0v) is 26.6. The topological polar surface area (TPSA) is 120 Å². The third-order valence-corrected chi connectivity index (χ3v) is 8.27. The lowest BCUT2D eigenvalue weighted by atomic mass is 9.87. The minimum atomic E-state index is -4.69. The maximum atomic E-state index is 14.3. The minimum Gasteiger partial charge on any atom is -0.509 e. The number of carbonyl (C=O) groups is 3. The standard InChI is InChI=1S/C33H39F5N4O5/c1-31(2,3)47-30(46)42-15-11-19(12-16-42)22-17-21(33(36,37)38)9-10-24(22)41-29(45)25(27(43)32(4)13-6-14-40-32)28(44)39-18-20-7-5-8-23(34)26(20)35/h5,7-10,17,19,40,43H,6,11-16,18H2,1-4H3,(H,39,44)(H,41,45)/b27-25-/t32-/m1/s1. The van der Waals surface area contributed by atoms with Gasteiger partial charge >= 0.3 is 12.3 Å². The Morgan fingerprint density at radius 1 is 1.06 bits per heavy atom. The summed E-state index contributed by atoms with van der Waals surface area (Å²) in [6, 6.07) is 6.20. The molecule has 0 aromatic heterocycles. The number of aliphatic hydroxyl groups is 1. The third kappa shape index (κ3) is 8.59. The van der Waals surface area contributed by atoms with Crippen LogP contribution < -0.4 is 16.0 Å². The molecule has 0 spiro atoms. The molecule has 2 saturated heterocycles. The molecule has 2 aliphatic heterocycles. The first-order valence-corrected chi connectivity index (χ1v) is 15.3. The molecule has 2 aromatic rings. The van der Waals surface area contributed by atoms with Crippen LogP contribution >= 0.6 is 0 Å². The molecule has 9 nitrogen and oxygen atoms in total. The molecule has 2 heterocycles. The summed E-state index contributed by atoms with van der Waals surface area (Å²) in [5.74, 6) is -5.65. The molecule has 0 bridgehead atoms. The summed E-state index contributed by atoms with van der Waals surface area (Å²) in [6.45, 7) is 7.10. The first kappa shape index (κ1) is 35.7. The maximum absolute atomic E-state index is 14.3. The fourth-order valence-electron chi connectivity index (χ4n) is 5.71. The fraction of sp³-hybridized carbons (Fsp3) is 0.485. The molecule has 47 heavy (non-hydrogen) atoms. The van der Waals surface area contributed by atoms with Crippen LogP contribution in [0.15, 0.2) is 47.7 Å². The number of hydrogen-bond donors (Lipinski definition) is 4. The fourth-order valence-corrected chi connectivity index (χ4v) is 5.71. The highest BCUT2D eigenvalue weighted by atomic mass is 19.4. The van der Waals surface area contributed by atoms with Crippen LogP contribution in [0, 0.1) is 11.6 Å². The van der Waals surface area contributed by atoms with Crippen LogP contribution in [0.25, 0.3) is 0 Å². The number of alkyl halides is 3. The molecule has 4 rings (SSSR count). The third-order valence-electron chi connectivity index (χ3n) is 8.27. The van der Waals surface area contributed by atoms with E-state index in [-0.39, 0.29) is 42.7 Å². The summed E-state index contributed by atoms with van der Waals surface area (Å²) in [5.41, 5.74) is -3.66.